The van der Waals surface area contributed by atoms with Crippen molar-refractivity contribution in [1.82, 2.24) is 14.5 Å². The van der Waals surface area contributed by atoms with Crippen LogP contribution in [0, 0.1) is 11.7 Å². The van der Waals surface area contributed by atoms with Crippen molar-refractivity contribution in [2.45, 2.75) is 24.8 Å². The van der Waals surface area contributed by atoms with Gasteiger partial charge in [0.25, 0.3) is 5.91 Å². The molecule has 0 aliphatic carbocycles. The Labute approximate surface area is 193 Å². The molecule has 2 aromatic carbocycles. The van der Waals surface area contributed by atoms with E-state index in [9.17, 15) is 22.4 Å². The number of rotatable bonds is 7. The van der Waals surface area contributed by atoms with Crippen molar-refractivity contribution in [2.24, 2.45) is 5.92 Å². The van der Waals surface area contributed by atoms with Crippen LogP contribution in [0.25, 0.3) is 0 Å². The van der Waals surface area contributed by atoms with Gasteiger partial charge >= 0.3 is 0 Å². The molecular formula is C23H28FN3O5S. The first kappa shape index (κ1) is 24.7. The second kappa shape index (κ2) is 10.3. The molecular weight excluding hydrogens is 449 g/mol. The lowest BCUT2D eigenvalue weighted by Crippen LogP contribution is -2.57. The molecule has 1 atom stereocenters. The Morgan fingerprint density at radius 3 is 2.06 bits per heavy atom. The summed E-state index contributed by atoms with van der Waals surface area (Å²) in [5, 5.41) is 2.73. The Morgan fingerprint density at radius 2 is 1.55 bits per heavy atom. The number of piperazine rings is 1. The summed E-state index contributed by atoms with van der Waals surface area (Å²) in [7, 11) is -2.19. The molecule has 1 saturated heterocycles. The van der Waals surface area contributed by atoms with E-state index in [1.165, 1.54) is 47.8 Å². The number of hydrogen-bond acceptors (Lipinski definition) is 5. The lowest BCUT2D eigenvalue weighted by atomic mass is 10.0. The molecule has 0 aromatic heterocycles. The zero-order valence-corrected chi connectivity index (χ0v) is 19.6. The van der Waals surface area contributed by atoms with Crippen molar-refractivity contribution in [3.8, 4) is 5.75 Å². The van der Waals surface area contributed by atoms with Gasteiger partial charge in [-0.25, -0.2) is 12.8 Å². The van der Waals surface area contributed by atoms with Gasteiger partial charge in [0.15, 0.2) is 0 Å². The highest BCUT2D eigenvalue weighted by molar-refractivity contribution is 7.89. The van der Waals surface area contributed by atoms with Gasteiger partial charge in [-0.05, 0) is 54.4 Å². The third kappa shape index (κ3) is 5.69. The zero-order valence-electron chi connectivity index (χ0n) is 18.8. The Hall–Kier alpha value is -2.98. The van der Waals surface area contributed by atoms with Gasteiger partial charge in [0.1, 0.15) is 17.6 Å². The van der Waals surface area contributed by atoms with E-state index in [4.69, 9.17) is 4.74 Å². The lowest BCUT2D eigenvalue weighted by molar-refractivity contribution is -0.135. The van der Waals surface area contributed by atoms with E-state index >= 15 is 0 Å². The number of nitrogens with zero attached hydrogens (tertiary/aromatic N) is 2. The molecule has 1 aliphatic rings. The molecule has 10 heteroatoms. The number of benzene rings is 2. The van der Waals surface area contributed by atoms with Gasteiger partial charge in [-0.1, -0.05) is 13.8 Å². The molecule has 0 spiro atoms. The molecule has 178 valence electrons. The Kier molecular flexibility index (Phi) is 7.70. The van der Waals surface area contributed by atoms with Gasteiger partial charge in [-0.3, -0.25) is 9.59 Å². The largest absolute Gasteiger partial charge is 0.497 e. The minimum atomic E-state index is -3.69. The zero-order chi connectivity index (χ0) is 24.2. The number of amides is 2. The van der Waals surface area contributed by atoms with Crippen molar-refractivity contribution in [3.05, 3.63) is 59.9 Å². The van der Waals surface area contributed by atoms with E-state index in [0.717, 1.165) is 0 Å². The fourth-order valence-corrected chi connectivity index (χ4v) is 5.00. The standard InChI is InChI=1S/C23H28FN3O5S/c1-16(2)21(25-22(28)17-4-6-18(24)7-5-17)23(29)26-12-14-27(15-13-26)33(30,31)20-10-8-19(32-3)9-11-20/h4-11,16,21H,12-15H2,1-3H3,(H,25,28)/t21-/m0/s1. The van der Waals surface area contributed by atoms with Crippen LogP contribution < -0.4 is 10.1 Å². The van der Waals surface area contributed by atoms with E-state index in [1.807, 2.05) is 13.8 Å². The monoisotopic (exact) mass is 477 g/mol. The van der Waals surface area contributed by atoms with Gasteiger partial charge in [0.05, 0.1) is 12.0 Å². The fourth-order valence-electron chi connectivity index (χ4n) is 3.58. The van der Waals surface area contributed by atoms with E-state index in [1.54, 1.807) is 17.0 Å². The summed E-state index contributed by atoms with van der Waals surface area (Å²) in [5.74, 6) is -0.829. The smallest absolute Gasteiger partial charge is 0.251 e. The maximum absolute atomic E-state index is 13.1. The van der Waals surface area contributed by atoms with Gasteiger partial charge in [-0.15, -0.1) is 0 Å². The maximum Gasteiger partial charge on any atom is 0.251 e. The predicted octanol–water partition coefficient (Wildman–Crippen LogP) is 2.12. The number of nitrogens with one attached hydrogen (secondary N) is 1. The van der Waals surface area contributed by atoms with Crippen LogP contribution in [0.1, 0.15) is 24.2 Å². The average molecular weight is 478 g/mol. The summed E-state index contributed by atoms with van der Waals surface area (Å²) in [6.07, 6.45) is 0. The van der Waals surface area contributed by atoms with Crippen LogP contribution in [0.4, 0.5) is 4.39 Å². The van der Waals surface area contributed by atoms with Crippen molar-refractivity contribution in [1.29, 1.82) is 0 Å². The summed E-state index contributed by atoms with van der Waals surface area (Å²) in [6.45, 7) is 4.36. The molecule has 33 heavy (non-hydrogen) atoms. The number of ether oxygens (including phenoxy) is 1. The molecule has 3 rings (SSSR count). The molecule has 0 radical (unpaired) electrons. The fraction of sp³-hybridized carbons (Fsp3) is 0.391. The molecule has 2 aromatic rings. The third-order valence-corrected chi connectivity index (χ3v) is 7.49. The normalized spacial score (nSPS) is 15.8. The van der Waals surface area contributed by atoms with E-state index in [0.29, 0.717) is 5.75 Å². The number of sulfonamides is 1. The first-order valence-electron chi connectivity index (χ1n) is 10.6. The lowest BCUT2D eigenvalue weighted by Gasteiger charge is -2.36. The molecule has 1 aliphatic heterocycles. The highest BCUT2D eigenvalue weighted by atomic mass is 32.2. The summed E-state index contributed by atoms with van der Waals surface area (Å²) < 4.78 is 45.4. The number of hydrogen-bond donors (Lipinski definition) is 1. The minimum Gasteiger partial charge on any atom is -0.497 e. The molecule has 2 amide bonds. The quantitative estimate of drug-likeness (QED) is 0.659. The highest BCUT2D eigenvalue weighted by Crippen LogP contribution is 2.21. The molecule has 0 saturated carbocycles. The summed E-state index contributed by atoms with van der Waals surface area (Å²) in [6, 6.07) is 10.5. The van der Waals surface area contributed by atoms with E-state index in [2.05, 4.69) is 5.32 Å². The average Bonchev–Trinajstić information content (AvgIpc) is 2.82. The van der Waals surface area contributed by atoms with Crippen LogP contribution in [0.2, 0.25) is 0 Å². The topological polar surface area (TPSA) is 96.0 Å². The van der Waals surface area contributed by atoms with Gasteiger partial charge in [0, 0.05) is 31.7 Å². The Bertz CT molecular complexity index is 1080. The first-order valence-corrected chi connectivity index (χ1v) is 12.1. The number of halogens is 1. The highest BCUT2D eigenvalue weighted by Gasteiger charge is 2.34. The van der Waals surface area contributed by atoms with Crippen molar-refractivity contribution in [3.63, 3.8) is 0 Å². The van der Waals surface area contributed by atoms with Crippen LogP contribution >= 0.6 is 0 Å². The number of carbonyl (C=O) groups is 2. The number of methoxy groups -OCH3 is 1. The Morgan fingerprint density at radius 1 is 0.970 bits per heavy atom. The van der Waals surface area contributed by atoms with Gasteiger partial charge < -0.3 is 15.0 Å². The predicted molar refractivity (Wildman–Crippen MR) is 121 cm³/mol. The van der Waals surface area contributed by atoms with Crippen molar-refractivity contribution >= 4 is 21.8 Å². The van der Waals surface area contributed by atoms with Crippen LogP contribution in [-0.2, 0) is 14.8 Å². The minimum absolute atomic E-state index is 0.150. The molecule has 8 nitrogen and oxygen atoms in total. The van der Waals surface area contributed by atoms with Crippen LogP contribution in [0.3, 0.4) is 0 Å². The van der Waals surface area contributed by atoms with E-state index < -0.39 is 27.8 Å². The van der Waals surface area contributed by atoms with E-state index in [-0.39, 0.29) is 48.5 Å². The summed E-state index contributed by atoms with van der Waals surface area (Å²) in [5.41, 5.74) is 0.255. The number of carbonyl (C=O) groups excluding carboxylic acids is 2. The molecule has 1 N–H and O–H groups in total. The molecule has 0 bridgehead atoms. The Balaban J connectivity index is 1.64. The van der Waals surface area contributed by atoms with Crippen LogP contribution in [-0.4, -0.2) is 68.8 Å². The maximum atomic E-state index is 13.1. The second-order valence-electron chi connectivity index (χ2n) is 8.11. The SMILES string of the molecule is COc1ccc(S(=O)(=O)N2CCN(C(=O)[C@@H](NC(=O)c3ccc(F)cc3)C(C)C)CC2)cc1. The molecule has 1 heterocycles. The van der Waals surface area contributed by atoms with Crippen molar-refractivity contribution < 1.29 is 27.1 Å². The second-order valence-corrected chi connectivity index (χ2v) is 10.0. The summed E-state index contributed by atoms with van der Waals surface area (Å²) >= 11 is 0. The van der Waals surface area contributed by atoms with Crippen molar-refractivity contribution in [2.75, 3.05) is 33.3 Å². The molecule has 0 unspecified atom stereocenters. The first-order chi connectivity index (χ1) is 15.6. The summed E-state index contributed by atoms with van der Waals surface area (Å²) in [4.78, 5) is 27.4. The van der Waals surface area contributed by atoms with Gasteiger partial charge in [-0.2, -0.15) is 4.31 Å². The molecule has 1 fully saturated rings. The van der Waals surface area contributed by atoms with Crippen LogP contribution in [0.15, 0.2) is 53.4 Å². The van der Waals surface area contributed by atoms with Gasteiger partial charge in [0.2, 0.25) is 15.9 Å². The van der Waals surface area contributed by atoms with Crippen LogP contribution in [0.5, 0.6) is 5.75 Å². The third-order valence-electron chi connectivity index (χ3n) is 5.57.